The lowest BCUT2D eigenvalue weighted by molar-refractivity contribution is 0.373. The van der Waals surface area contributed by atoms with Crippen molar-refractivity contribution in [2.45, 2.75) is 10.9 Å². The van der Waals surface area contributed by atoms with E-state index in [9.17, 15) is 8.78 Å². The fraction of sp³-hybridized carbons (Fsp3) is 0.412. The Hall–Kier alpha value is -1.62. The number of ether oxygens (including phenoxy) is 1. The summed E-state index contributed by atoms with van der Waals surface area (Å²) in [5.41, 5.74) is 0.263. The average molecular weight is 416 g/mol. The minimum absolute atomic E-state index is 0.214. The van der Waals surface area contributed by atoms with E-state index in [1.807, 2.05) is 25.4 Å². The molecule has 1 heterocycles. The maximum absolute atomic E-state index is 13.8. The largest absolute Gasteiger partial charge is 0.481 e. The number of hydrogen-bond donors (Lipinski definition) is 1. The van der Waals surface area contributed by atoms with Crippen molar-refractivity contribution in [3.8, 4) is 5.88 Å². The van der Waals surface area contributed by atoms with Crippen molar-refractivity contribution in [2.24, 2.45) is 0 Å². The zero-order valence-electron chi connectivity index (χ0n) is 15.7. The Balaban J connectivity index is 2.00. The summed E-state index contributed by atoms with van der Waals surface area (Å²) in [6.07, 6.45) is 0. The Kier molecular flexibility index (Phi) is 8.55. The van der Waals surface area contributed by atoms with Gasteiger partial charge >= 0.3 is 0 Å². The van der Waals surface area contributed by atoms with Crippen LogP contribution in [0.2, 0.25) is 0 Å². The van der Waals surface area contributed by atoms with Crippen LogP contribution >= 0.6 is 23.9 Å². The molecule has 0 atom stereocenters. The first-order chi connectivity index (χ1) is 12.9. The van der Waals surface area contributed by atoms with Crippen molar-refractivity contribution in [3.05, 3.63) is 41.5 Å². The summed E-state index contributed by atoms with van der Waals surface area (Å²) in [7, 11) is 7.53. The summed E-state index contributed by atoms with van der Waals surface area (Å²) >= 11 is 2.62. The second-order valence-corrected chi connectivity index (χ2v) is 7.88. The van der Waals surface area contributed by atoms with Gasteiger partial charge in [-0.15, -0.1) is 0 Å². The third-order valence-electron chi connectivity index (χ3n) is 3.45. The molecule has 0 saturated heterocycles. The van der Waals surface area contributed by atoms with Crippen LogP contribution in [0.1, 0.15) is 5.56 Å². The van der Waals surface area contributed by atoms with Crippen LogP contribution in [0.3, 0.4) is 0 Å². The SMILES string of the molecule is COc1cc(NSN(C)CCN(C)C)nc(SCc2cccc(F)c2F)n1. The molecule has 0 bridgehead atoms. The monoisotopic (exact) mass is 415 g/mol. The van der Waals surface area contributed by atoms with E-state index in [0.717, 1.165) is 19.2 Å². The molecule has 1 aromatic carbocycles. The fourth-order valence-corrected chi connectivity index (χ4v) is 3.29. The molecule has 0 saturated carbocycles. The number of nitrogens with one attached hydrogen (secondary N) is 1. The number of aromatic nitrogens is 2. The molecule has 0 radical (unpaired) electrons. The standard InChI is InChI=1S/C17H23F2N5OS2/c1-23(2)8-9-24(3)27-22-14-10-15(25-4)21-17(20-14)26-11-12-6-5-7-13(18)16(12)19/h5-7,10H,8-9,11H2,1-4H3,(H,20,21,22). The van der Waals surface area contributed by atoms with E-state index >= 15 is 0 Å². The van der Waals surface area contributed by atoms with E-state index in [4.69, 9.17) is 4.74 Å². The molecule has 0 aliphatic carbocycles. The minimum Gasteiger partial charge on any atom is -0.481 e. The predicted octanol–water partition coefficient (Wildman–Crippen LogP) is 3.52. The first-order valence-electron chi connectivity index (χ1n) is 8.16. The molecule has 2 rings (SSSR count). The van der Waals surface area contributed by atoms with Gasteiger partial charge in [-0.3, -0.25) is 0 Å². The minimum atomic E-state index is -0.862. The van der Waals surface area contributed by atoms with E-state index in [0.29, 0.717) is 16.9 Å². The summed E-state index contributed by atoms with van der Waals surface area (Å²) in [4.78, 5) is 10.8. The van der Waals surface area contributed by atoms with Gasteiger partial charge in [-0.1, -0.05) is 23.9 Å². The normalized spacial score (nSPS) is 11.3. The molecule has 0 spiro atoms. The van der Waals surface area contributed by atoms with Gasteiger partial charge in [0.2, 0.25) is 5.88 Å². The quantitative estimate of drug-likeness (QED) is 0.359. The second kappa shape index (κ2) is 10.6. The van der Waals surface area contributed by atoms with Gasteiger partial charge in [0, 0.05) is 42.6 Å². The molecule has 0 aliphatic rings. The van der Waals surface area contributed by atoms with E-state index < -0.39 is 11.6 Å². The third kappa shape index (κ3) is 7.13. The summed E-state index contributed by atoms with van der Waals surface area (Å²) in [6, 6.07) is 5.80. The highest BCUT2D eigenvalue weighted by molar-refractivity contribution is 7.98. The molecule has 148 valence electrons. The van der Waals surface area contributed by atoms with Crippen LogP contribution in [0.25, 0.3) is 0 Å². The number of nitrogens with zero attached hydrogens (tertiary/aromatic N) is 4. The van der Waals surface area contributed by atoms with Crippen molar-refractivity contribution >= 4 is 29.7 Å². The van der Waals surface area contributed by atoms with Crippen LogP contribution in [0.15, 0.2) is 29.4 Å². The van der Waals surface area contributed by atoms with Crippen LogP contribution in [0.4, 0.5) is 14.6 Å². The highest BCUT2D eigenvalue weighted by atomic mass is 32.2. The van der Waals surface area contributed by atoms with Gasteiger partial charge in [-0.25, -0.2) is 18.1 Å². The van der Waals surface area contributed by atoms with E-state index in [-0.39, 0.29) is 11.3 Å². The number of hydrogen-bond acceptors (Lipinski definition) is 8. The van der Waals surface area contributed by atoms with Crippen LogP contribution in [0, 0.1) is 11.6 Å². The fourth-order valence-electron chi connectivity index (χ4n) is 1.94. The Labute approximate surface area is 167 Å². The Morgan fingerprint density at radius 2 is 1.93 bits per heavy atom. The average Bonchev–Trinajstić information content (AvgIpc) is 2.65. The van der Waals surface area contributed by atoms with Gasteiger partial charge in [0.05, 0.1) is 7.11 Å². The van der Waals surface area contributed by atoms with Gasteiger partial charge in [-0.05, 0) is 27.2 Å². The van der Waals surface area contributed by atoms with Crippen LogP contribution in [-0.2, 0) is 5.75 Å². The zero-order chi connectivity index (χ0) is 19.8. The second-order valence-electron chi connectivity index (χ2n) is 5.93. The lowest BCUT2D eigenvalue weighted by atomic mass is 10.2. The molecule has 6 nitrogen and oxygen atoms in total. The summed E-state index contributed by atoms with van der Waals surface area (Å²) in [6.45, 7) is 1.80. The Morgan fingerprint density at radius 3 is 2.63 bits per heavy atom. The topological polar surface area (TPSA) is 53.5 Å². The van der Waals surface area contributed by atoms with Crippen molar-refractivity contribution in [1.29, 1.82) is 0 Å². The summed E-state index contributed by atoms with van der Waals surface area (Å²) in [5, 5.41) is 0.414. The molecule has 27 heavy (non-hydrogen) atoms. The number of benzene rings is 1. The van der Waals surface area contributed by atoms with Crippen molar-refractivity contribution in [1.82, 2.24) is 19.2 Å². The lowest BCUT2D eigenvalue weighted by Crippen LogP contribution is -2.25. The maximum atomic E-state index is 13.8. The molecule has 0 unspecified atom stereocenters. The molecule has 2 aromatic rings. The van der Waals surface area contributed by atoms with E-state index in [1.54, 1.807) is 12.1 Å². The number of likely N-dealkylation sites (N-methyl/N-ethyl adjacent to an activating group) is 2. The Bertz CT molecular complexity index is 751. The highest BCUT2D eigenvalue weighted by Gasteiger charge is 2.11. The predicted molar refractivity (Wildman–Crippen MR) is 107 cm³/mol. The number of thioether (sulfide) groups is 1. The van der Waals surface area contributed by atoms with E-state index in [1.165, 1.54) is 37.1 Å². The molecular weight excluding hydrogens is 392 g/mol. The zero-order valence-corrected chi connectivity index (χ0v) is 17.3. The van der Waals surface area contributed by atoms with Gasteiger partial charge in [-0.2, -0.15) is 4.98 Å². The number of rotatable bonds is 10. The highest BCUT2D eigenvalue weighted by Crippen LogP contribution is 2.26. The number of anilines is 1. The van der Waals surface area contributed by atoms with Gasteiger partial charge in [0.15, 0.2) is 16.8 Å². The summed E-state index contributed by atoms with van der Waals surface area (Å²) in [5.74, 6) is -0.521. The molecule has 0 amide bonds. The molecular formula is C17H23F2N5OS2. The van der Waals surface area contributed by atoms with Crippen molar-refractivity contribution in [2.75, 3.05) is 46.1 Å². The molecule has 0 aliphatic heterocycles. The smallest absolute Gasteiger partial charge is 0.219 e. The number of methoxy groups -OCH3 is 1. The first kappa shape index (κ1) is 21.7. The van der Waals surface area contributed by atoms with Crippen LogP contribution in [0.5, 0.6) is 5.88 Å². The lowest BCUT2D eigenvalue weighted by Gasteiger charge is -2.18. The molecule has 1 N–H and O–H groups in total. The van der Waals surface area contributed by atoms with E-state index in [2.05, 4.69) is 19.6 Å². The first-order valence-corrected chi connectivity index (χ1v) is 9.92. The van der Waals surface area contributed by atoms with Crippen LogP contribution < -0.4 is 9.46 Å². The molecule has 0 fully saturated rings. The Morgan fingerprint density at radius 1 is 1.15 bits per heavy atom. The third-order valence-corrected chi connectivity index (χ3v) is 5.14. The van der Waals surface area contributed by atoms with Crippen molar-refractivity contribution < 1.29 is 13.5 Å². The molecule has 10 heteroatoms. The van der Waals surface area contributed by atoms with Gasteiger partial charge in [0.1, 0.15) is 5.82 Å². The number of halogens is 2. The maximum Gasteiger partial charge on any atom is 0.219 e. The molecule has 1 aromatic heterocycles. The summed E-state index contributed by atoms with van der Waals surface area (Å²) < 4.78 is 37.5. The van der Waals surface area contributed by atoms with Crippen molar-refractivity contribution in [3.63, 3.8) is 0 Å². The van der Waals surface area contributed by atoms with Gasteiger partial charge < -0.3 is 14.4 Å². The van der Waals surface area contributed by atoms with Gasteiger partial charge in [0.25, 0.3) is 0 Å². The van der Waals surface area contributed by atoms with Crippen LogP contribution in [-0.4, -0.2) is 60.5 Å².